The van der Waals surface area contributed by atoms with Gasteiger partial charge in [0.25, 0.3) is 11.4 Å². The highest BCUT2D eigenvalue weighted by Gasteiger charge is 2.48. The average Bonchev–Trinajstić information content (AvgIpc) is 3.25. The summed E-state index contributed by atoms with van der Waals surface area (Å²) in [5.41, 5.74) is 0.116. The van der Waals surface area contributed by atoms with E-state index in [1.54, 1.807) is 35.4 Å². The Hall–Kier alpha value is -4.35. The van der Waals surface area contributed by atoms with Crippen LogP contribution in [-0.2, 0) is 16.1 Å². The van der Waals surface area contributed by atoms with Crippen molar-refractivity contribution in [1.29, 1.82) is 0 Å². The number of hydrogen-bond donors (Lipinski definition) is 0. The van der Waals surface area contributed by atoms with Crippen LogP contribution in [0.25, 0.3) is 11.0 Å². The molecule has 0 bridgehead atoms. The molecule has 1 spiro atoms. The molecule has 6 heterocycles. The van der Waals surface area contributed by atoms with Crippen LogP contribution < -0.4 is 24.7 Å². The third-order valence-corrected chi connectivity index (χ3v) is 7.01. The number of nitrogens with zero attached hydrogens (tertiary/aromatic N) is 5. The first kappa shape index (κ1) is 23.1. The van der Waals surface area contributed by atoms with Gasteiger partial charge >= 0.3 is 6.09 Å². The second-order valence-corrected chi connectivity index (χ2v) is 9.22. The number of anilines is 1. The summed E-state index contributed by atoms with van der Waals surface area (Å²) in [6.45, 7) is 1.86. The van der Waals surface area contributed by atoms with Crippen LogP contribution in [0.5, 0.6) is 17.4 Å². The largest absolute Gasteiger partial charge is 0.495 e. The van der Waals surface area contributed by atoms with E-state index in [-0.39, 0.29) is 18.0 Å². The molecule has 0 saturated carbocycles. The van der Waals surface area contributed by atoms with Crippen molar-refractivity contribution in [1.82, 2.24) is 19.4 Å². The van der Waals surface area contributed by atoms with Gasteiger partial charge in [0.05, 0.1) is 30.9 Å². The lowest BCUT2D eigenvalue weighted by atomic mass is 9.91. The molecule has 12 nitrogen and oxygen atoms in total. The normalized spacial score (nSPS) is 18.2. The van der Waals surface area contributed by atoms with Gasteiger partial charge in [-0.3, -0.25) is 24.0 Å². The minimum Gasteiger partial charge on any atom is -0.495 e. The molecule has 0 aromatic carbocycles. The lowest BCUT2D eigenvalue weighted by Crippen LogP contribution is -2.49. The summed E-state index contributed by atoms with van der Waals surface area (Å²) in [5, 5.41) is 0. The van der Waals surface area contributed by atoms with Crippen molar-refractivity contribution in [2.75, 3.05) is 44.9 Å². The van der Waals surface area contributed by atoms with Crippen LogP contribution in [-0.4, -0.2) is 77.0 Å². The molecule has 2 fully saturated rings. The van der Waals surface area contributed by atoms with Gasteiger partial charge in [0.2, 0.25) is 5.91 Å². The maximum absolute atomic E-state index is 13.2. The fourth-order valence-electron chi connectivity index (χ4n) is 4.95. The number of likely N-dealkylation sites (tertiary alicyclic amines) is 1. The van der Waals surface area contributed by atoms with Crippen LogP contribution in [0.4, 0.5) is 10.6 Å². The summed E-state index contributed by atoms with van der Waals surface area (Å²) in [4.78, 5) is 50.4. The van der Waals surface area contributed by atoms with Gasteiger partial charge in [0, 0.05) is 38.1 Å². The topological polar surface area (TPSA) is 125 Å². The Kier molecular flexibility index (Phi) is 5.58. The summed E-state index contributed by atoms with van der Waals surface area (Å²) in [7, 11) is 1.52. The number of methoxy groups -OCH3 is 1. The monoisotopic (exact) mass is 507 g/mol. The smallest absolute Gasteiger partial charge is 0.416 e. The van der Waals surface area contributed by atoms with E-state index < -0.39 is 11.7 Å². The van der Waals surface area contributed by atoms with E-state index in [1.807, 2.05) is 0 Å². The summed E-state index contributed by atoms with van der Waals surface area (Å²) >= 11 is 0. The quantitative estimate of drug-likeness (QED) is 0.518. The molecular weight excluding hydrogens is 482 g/mol. The molecule has 0 unspecified atom stereocenters. The molecule has 3 aliphatic heterocycles. The van der Waals surface area contributed by atoms with Gasteiger partial charge in [-0.25, -0.2) is 4.79 Å². The number of rotatable bonds is 4. The molecule has 3 aliphatic rings. The van der Waals surface area contributed by atoms with Crippen LogP contribution >= 0.6 is 0 Å². The zero-order valence-corrected chi connectivity index (χ0v) is 20.2. The van der Waals surface area contributed by atoms with Crippen LogP contribution in [0.1, 0.15) is 12.8 Å². The number of hydrogen-bond acceptors (Lipinski definition) is 9. The Balaban J connectivity index is 1.14. The fourth-order valence-corrected chi connectivity index (χ4v) is 4.95. The number of fused-ring (bicyclic) bond motifs is 2. The fraction of sp³-hybridized carbons (Fsp3) is 0.400. The van der Waals surface area contributed by atoms with E-state index in [0.29, 0.717) is 79.9 Å². The molecule has 0 atom stereocenters. The lowest BCUT2D eigenvalue weighted by Gasteiger charge is -2.37. The Labute approximate surface area is 211 Å². The molecule has 12 heteroatoms. The van der Waals surface area contributed by atoms with Gasteiger partial charge in [0.15, 0.2) is 5.75 Å². The van der Waals surface area contributed by atoms with Gasteiger partial charge in [0.1, 0.15) is 36.9 Å². The lowest BCUT2D eigenvalue weighted by molar-refractivity contribution is -0.135. The first-order chi connectivity index (χ1) is 17.9. The van der Waals surface area contributed by atoms with Gasteiger partial charge in [-0.1, -0.05) is 0 Å². The summed E-state index contributed by atoms with van der Waals surface area (Å²) in [6, 6.07) is 8.16. The number of amides is 2. The SMILES string of the molecule is COc1cnc2ccc(=O)n(CC(=O)N3CCC4(CC3)CN(c3ccc5c(n3)OCCO5)C(=O)O4)c2c1. The Morgan fingerprint density at radius 2 is 1.92 bits per heavy atom. The zero-order chi connectivity index (χ0) is 25.6. The van der Waals surface area contributed by atoms with Crippen molar-refractivity contribution in [3.63, 3.8) is 0 Å². The van der Waals surface area contributed by atoms with E-state index in [1.165, 1.54) is 22.6 Å². The molecule has 2 amide bonds. The third kappa shape index (κ3) is 4.17. The number of aromatic nitrogens is 3. The average molecular weight is 508 g/mol. The van der Waals surface area contributed by atoms with Crippen molar-refractivity contribution in [2.45, 2.75) is 25.0 Å². The highest BCUT2D eigenvalue weighted by molar-refractivity contribution is 5.89. The Morgan fingerprint density at radius 1 is 1.11 bits per heavy atom. The molecule has 2 saturated heterocycles. The first-order valence-corrected chi connectivity index (χ1v) is 12.0. The van der Waals surface area contributed by atoms with Crippen molar-refractivity contribution in [3.8, 4) is 17.4 Å². The molecule has 192 valence electrons. The van der Waals surface area contributed by atoms with Crippen LogP contribution in [0, 0.1) is 0 Å². The highest BCUT2D eigenvalue weighted by Crippen LogP contribution is 2.37. The van der Waals surface area contributed by atoms with E-state index >= 15 is 0 Å². The number of ether oxygens (including phenoxy) is 4. The first-order valence-electron chi connectivity index (χ1n) is 12.0. The minimum absolute atomic E-state index is 0.120. The maximum Gasteiger partial charge on any atom is 0.416 e. The molecule has 0 aliphatic carbocycles. The highest BCUT2D eigenvalue weighted by atomic mass is 16.6. The van der Waals surface area contributed by atoms with Crippen LogP contribution in [0.15, 0.2) is 41.3 Å². The molecule has 3 aromatic rings. The molecule has 0 radical (unpaired) electrons. The minimum atomic E-state index is -0.712. The summed E-state index contributed by atoms with van der Waals surface area (Å²) in [5.74, 6) is 1.64. The number of carbonyl (C=O) groups is 2. The number of pyridine rings is 3. The van der Waals surface area contributed by atoms with Crippen LogP contribution in [0.2, 0.25) is 0 Å². The Bertz CT molecular complexity index is 1450. The zero-order valence-electron chi connectivity index (χ0n) is 20.2. The Morgan fingerprint density at radius 3 is 2.73 bits per heavy atom. The summed E-state index contributed by atoms with van der Waals surface area (Å²) < 4.78 is 23.5. The van der Waals surface area contributed by atoms with Gasteiger partial charge in [-0.2, -0.15) is 4.98 Å². The number of carbonyl (C=O) groups excluding carboxylic acids is 2. The van der Waals surface area contributed by atoms with E-state index in [0.717, 1.165) is 0 Å². The predicted octanol–water partition coefficient (Wildman–Crippen LogP) is 1.59. The second kappa shape index (κ2) is 8.95. The summed E-state index contributed by atoms with van der Waals surface area (Å²) in [6.07, 6.45) is 2.04. The van der Waals surface area contributed by atoms with E-state index in [9.17, 15) is 14.4 Å². The van der Waals surface area contributed by atoms with Gasteiger partial charge in [-0.05, 0) is 18.2 Å². The van der Waals surface area contributed by atoms with Gasteiger partial charge < -0.3 is 23.8 Å². The van der Waals surface area contributed by atoms with Crippen molar-refractivity contribution in [2.24, 2.45) is 0 Å². The van der Waals surface area contributed by atoms with Crippen molar-refractivity contribution >= 4 is 28.9 Å². The maximum atomic E-state index is 13.2. The number of piperidine rings is 1. The van der Waals surface area contributed by atoms with E-state index in [2.05, 4.69) is 9.97 Å². The van der Waals surface area contributed by atoms with Crippen LogP contribution in [0.3, 0.4) is 0 Å². The predicted molar refractivity (Wildman–Crippen MR) is 130 cm³/mol. The molecule has 0 N–H and O–H groups in total. The van der Waals surface area contributed by atoms with Crippen molar-refractivity contribution < 1.29 is 28.5 Å². The molecule has 3 aromatic heterocycles. The standard InChI is InChI=1S/C25H25N5O7/c1-34-16-12-18-17(26-13-16)2-5-21(31)29(18)14-22(32)28-8-6-25(7-9-28)15-30(24(33)37-25)20-4-3-19-23(27-20)36-11-10-35-19/h2-5,12-13H,6-11,14-15H2,1H3. The second-order valence-electron chi connectivity index (χ2n) is 9.22. The molecule has 37 heavy (non-hydrogen) atoms. The van der Waals surface area contributed by atoms with Gasteiger partial charge in [-0.15, -0.1) is 0 Å². The molecule has 6 rings (SSSR count). The van der Waals surface area contributed by atoms with E-state index in [4.69, 9.17) is 18.9 Å². The third-order valence-electron chi connectivity index (χ3n) is 7.01. The van der Waals surface area contributed by atoms with Crippen molar-refractivity contribution in [3.05, 3.63) is 46.9 Å². The molecular formula is C25H25N5O7.